The zero-order valence-corrected chi connectivity index (χ0v) is 9.40. The van der Waals surface area contributed by atoms with Gasteiger partial charge in [-0.25, -0.2) is 8.42 Å². The maximum absolute atomic E-state index is 10.9. The van der Waals surface area contributed by atoms with E-state index < -0.39 is 10.0 Å². The Kier molecular flexibility index (Phi) is 3.77. The van der Waals surface area contributed by atoms with Crippen LogP contribution in [0.25, 0.3) is 0 Å². The number of anilines is 1. The van der Waals surface area contributed by atoms with Crippen LogP contribution in [0.3, 0.4) is 0 Å². The van der Waals surface area contributed by atoms with Crippen LogP contribution >= 0.6 is 11.6 Å². The molecule has 1 rings (SSSR count). The minimum absolute atomic E-state index is 0.568. The van der Waals surface area contributed by atoms with Crippen molar-refractivity contribution in [2.24, 2.45) is 0 Å². The molecule has 0 aliphatic rings. The topological polar surface area (TPSA) is 46.2 Å². The number of aryl methyl sites for hydroxylation is 1. The smallest absolute Gasteiger partial charge is 0.229 e. The second kappa shape index (κ2) is 4.66. The first-order valence-corrected chi connectivity index (χ1v) is 6.56. The van der Waals surface area contributed by atoms with Crippen molar-refractivity contribution < 1.29 is 8.42 Å². The summed E-state index contributed by atoms with van der Waals surface area (Å²) < 4.78 is 24.1. The highest BCUT2D eigenvalue weighted by molar-refractivity contribution is 7.92. The van der Waals surface area contributed by atoms with Gasteiger partial charge in [-0.3, -0.25) is 4.72 Å². The van der Waals surface area contributed by atoms with Crippen LogP contribution in [-0.4, -0.2) is 20.6 Å². The summed E-state index contributed by atoms with van der Waals surface area (Å²) in [6.45, 7) is 0. The highest BCUT2D eigenvalue weighted by atomic mass is 35.5. The third kappa shape index (κ3) is 3.98. The molecule has 0 saturated heterocycles. The van der Waals surface area contributed by atoms with Crippen LogP contribution in [0.4, 0.5) is 5.69 Å². The van der Waals surface area contributed by atoms with Crippen LogP contribution in [0.2, 0.25) is 0 Å². The first-order chi connectivity index (χ1) is 6.51. The Morgan fingerprint density at radius 1 is 1.29 bits per heavy atom. The Hall–Kier alpha value is -0.740. The molecule has 5 heteroatoms. The lowest BCUT2D eigenvalue weighted by atomic mass is 10.2. The zero-order chi connectivity index (χ0) is 10.6. The largest absolute Gasteiger partial charge is 0.284 e. The van der Waals surface area contributed by atoms with Crippen molar-refractivity contribution in [3.8, 4) is 0 Å². The summed E-state index contributed by atoms with van der Waals surface area (Å²) in [4.78, 5) is 0. The van der Waals surface area contributed by atoms with Crippen LogP contribution in [0.15, 0.2) is 24.3 Å². The quantitative estimate of drug-likeness (QED) is 0.807. The number of nitrogens with one attached hydrogen (secondary N) is 1. The molecule has 78 valence electrons. The highest BCUT2D eigenvalue weighted by Gasteiger charge is 2.00. The maximum Gasteiger partial charge on any atom is 0.229 e. The monoisotopic (exact) mass is 233 g/mol. The Morgan fingerprint density at radius 3 is 2.29 bits per heavy atom. The van der Waals surface area contributed by atoms with E-state index in [1.807, 2.05) is 12.1 Å². The molecule has 0 atom stereocenters. The van der Waals surface area contributed by atoms with Crippen molar-refractivity contribution in [2.75, 3.05) is 16.9 Å². The highest BCUT2D eigenvalue weighted by Crippen LogP contribution is 2.11. The molecule has 0 spiro atoms. The molecule has 0 aliphatic heterocycles. The molecule has 14 heavy (non-hydrogen) atoms. The van der Waals surface area contributed by atoms with Crippen molar-refractivity contribution in [1.82, 2.24) is 0 Å². The summed E-state index contributed by atoms with van der Waals surface area (Å²) in [5, 5.41) is 0. The first kappa shape index (κ1) is 11.3. The van der Waals surface area contributed by atoms with Crippen LogP contribution in [0.1, 0.15) is 5.56 Å². The van der Waals surface area contributed by atoms with Crippen molar-refractivity contribution in [3.63, 3.8) is 0 Å². The van der Waals surface area contributed by atoms with Gasteiger partial charge >= 0.3 is 0 Å². The summed E-state index contributed by atoms with van der Waals surface area (Å²) in [5.74, 6) is 0.568. The number of hydrogen-bond acceptors (Lipinski definition) is 2. The number of hydrogen-bond donors (Lipinski definition) is 1. The molecule has 0 unspecified atom stereocenters. The van der Waals surface area contributed by atoms with Gasteiger partial charge in [0.15, 0.2) is 0 Å². The lowest BCUT2D eigenvalue weighted by Gasteiger charge is -2.04. The minimum Gasteiger partial charge on any atom is -0.284 e. The van der Waals surface area contributed by atoms with Gasteiger partial charge in [0.1, 0.15) is 0 Å². The van der Waals surface area contributed by atoms with Gasteiger partial charge in [-0.1, -0.05) is 12.1 Å². The molecule has 0 radical (unpaired) electrons. The van der Waals surface area contributed by atoms with E-state index in [1.54, 1.807) is 12.1 Å². The summed E-state index contributed by atoms with van der Waals surface area (Å²) in [6, 6.07) is 7.16. The van der Waals surface area contributed by atoms with Crippen LogP contribution in [-0.2, 0) is 16.4 Å². The maximum atomic E-state index is 10.9. The van der Waals surface area contributed by atoms with Crippen molar-refractivity contribution >= 4 is 27.3 Å². The van der Waals surface area contributed by atoms with Gasteiger partial charge in [-0.05, 0) is 24.1 Å². The lowest BCUT2D eigenvalue weighted by Crippen LogP contribution is -2.09. The number of rotatable bonds is 4. The van der Waals surface area contributed by atoms with Crippen LogP contribution in [0.5, 0.6) is 0 Å². The van der Waals surface area contributed by atoms with Gasteiger partial charge in [0.05, 0.1) is 6.26 Å². The molecular formula is C9H12ClNO2S. The summed E-state index contributed by atoms with van der Waals surface area (Å²) >= 11 is 5.57. The number of benzene rings is 1. The second-order valence-corrected chi connectivity index (χ2v) is 5.14. The van der Waals surface area contributed by atoms with Gasteiger partial charge in [-0.2, -0.15) is 0 Å². The van der Waals surface area contributed by atoms with Gasteiger partial charge in [-0.15, -0.1) is 11.6 Å². The van der Waals surface area contributed by atoms with Crippen molar-refractivity contribution in [2.45, 2.75) is 6.42 Å². The van der Waals surface area contributed by atoms with E-state index in [-0.39, 0.29) is 0 Å². The predicted octanol–water partition coefficient (Wildman–Crippen LogP) is 1.84. The number of alkyl halides is 1. The molecule has 0 bridgehead atoms. The fourth-order valence-electron chi connectivity index (χ4n) is 1.06. The zero-order valence-electron chi connectivity index (χ0n) is 7.83. The van der Waals surface area contributed by atoms with Crippen molar-refractivity contribution in [1.29, 1.82) is 0 Å². The second-order valence-electron chi connectivity index (χ2n) is 3.01. The lowest BCUT2D eigenvalue weighted by molar-refractivity contribution is 0.607. The van der Waals surface area contributed by atoms with Gasteiger partial charge < -0.3 is 0 Å². The molecule has 0 fully saturated rings. The molecule has 0 aliphatic carbocycles. The molecule has 0 saturated carbocycles. The Bertz CT molecular complexity index is 386. The van der Waals surface area contributed by atoms with Gasteiger partial charge in [0, 0.05) is 11.6 Å². The van der Waals surface area contributed by atoms with E-state index in [1.165, 1.54) is 0 Å². The Labute approximate surface area is 89.1 Å². The fraction of sp³-hybridized carbons (Fsp3) is 0.333. The van der Waals surface area contributed by atoms with Gasteiger partial charge in [0.25, 0.3) is 0 Å². The molecule has 0 heterocycles. The van der Waals surface area contributed by atoms with E-state index in [9.17, 15) is 8.42 Å². The first-order valence-electron chi connectivity index (χ1n) is 4.14. The van der Waals surface area contributed by atoms with E-state index in [4.69, 9.17) is 11.6 Å². The van der Waals surface area contributed by atoms with E-state index >= 15 is 0 Å². The van der Waals surface area contributed by atoms with Gasteiger partial charge in [0.2, 0.25) is 10.0 Å². The molecule has 1 aromatic carbocycles. The Morgan fingerprint density at radius 2 is 1.86 bits per heavy atom. The summed E-state index contributed by atoms with van der Waals surface area (Å²) in [6.07, 6.45) is 1.92. The normalized spacial score (nSPS) is 11.3. The molecule has 3 nitrogen and oxygen atoms in total. The SMILES string of the molecule is CS(=O)(=O)Nc1ccc(CCCl)cc1. The molecule has 1 N–H and O–H groups in total. The third-order valence-corrected chi connectivity index (χ3v) is 2.44. The average molecular weight is 234 g/mol. The standard InChI is InChI=1S/C9H12ClNO2S/c1-14(12,13)11-9-4-2-8(3-5-9)6-7-10/h2-5,11H,6-7H2,1H3. The number of halogens is 1. The fourth-order valence-corrected chi connectivity index (χ4v) is 1.85. The van der Waals surface area contributed by atoms with E-state index in [0.717, 1.165) is 18.2 Å². The Balaban J connectivity index is 2.74. The molecule has 0 aromatic heterocycles. The molecular weight excluding hydrogens is 222 g/mol. The van der Waals surface area contributed by atoms with Crippen LogP contribution in [0, 0.1) is 0 Å². The molecule has 0 amide bonds. The predicted molar refractivity (Wildman–Crippen MR) is 59.3 cm³/mol. The summed E-state index contributed by atoms with van der Waals surface area (Å²) in [5.41, 5.74) is 1.67. The number of sulfonamides is 1. The third-order valence-electron chi connectivity index (χ3n) is 1.64. The minimum atomic E-state index is -3.18. The molecule has 1 aromatic rings. The average Bonchev–Trinajstić information content (AvgIpc) is 2.06. The van der Waals surface area contributed by atoms with Crippen LogP contribution < -0.4 is 4.72 Å². The van der Waals surface area contributed by atoms with Crippen molar-refractivity contribution in [3.05, 3.63) is 29.8 Å². The summed E-state index contributed by atoms with van der Waals surface area (Å²) in [7, 11) is -3.18. The van der Waals surface area contributed by atoms with E-state index in [2.05, 4.69) is 4.72 Å². The van der Waals surface area contributed by atoms with E-state index in [0.29, 0.717) is 11.6 Å².